The molecular weight excluding hydrogens is 547 g/mol. The Balaban J connectivity index is 1.93. The Bertz CT molecular complexity index is 1180. The number of ether oxygens (including phenoxy) is 1. The lowest BCUT2D eigenvalue weighted by atomic mass is 10.0. The van der Waals surface area contributed by atoms with E-state index in [0.29, 0.717) is 16.3 Å². The number of nitrogens with zero attached hydrogens (tertiary/aromatic N) is 1. The molecule has 0 unspecified atom stereocenters. The van der Waals surface area contributed by atoms with Gasteiger partial charge in [0.25, 0.3) is 5.91 Å². The van der Waals surface area contributed by atoms with Gasteiger partial charge >= 0.3 is 0 Å². The molecule has 1 N–H and O–H groups in total. The molecule has 36 heavy (non-hydrogen) atoms. The minimum absolute atomic E-state index is 0.0843. The van der Waals surface area contributed by atoms with Crippen LogP contribution in [-0.2, 0) is 22.6 Å². The second-order valence-electron chi connectivity index (χ2n) is 8.50. The van der Waals surface area contributed by atoms with Gasteiger partial charge in [0.1, 0.15) is 17.6 Å². The number of halogens is 3. The van der Waals surface area contributed by atoms with Gasteiger partial charge in [0.2, 0.25) is 5.91 Å². The second kappa shape index (κ2) is 13.4. The quantitative estimate of drug-likeness (QED) is 0.297. The molecule has 2 amide bonds. The monoisotopic (exact) mass is 574 g/mol. The lowest BCUT2D eigenvalue weighted by Gasteiger charge is -2.32. The molecule has 0 bridgehead atoms. The molecule has 0 radical (unpaired) electrons. The standard InChI is InChI=1S/C28H29BrClFN2O3/c1-3-19(2)32-28(35)25(15-20-9-5-4-6-10-20)33(17-21-11-7-8-12-24(21)31)27(34)18-36-26-14-13-22(29)16-23(26)30/h4-14,16,19,25H,3,15,17-18H2,1-2H3,(H,32,35)/t19-,25-/m0/s1. The maximum absolute atomic E-state index is 14.6. The van der Waals surface area contributed by atoms with Gasteiger partial charge in [0.05, 0.1) is 5.02 Å². The fraction of sp³-hybridized carbons (Fsp3) is 0.286. The summed E-state index contributed by atoms with van der Waals surface area (Å²) in [5.41, 5.74) is 1.19. The highest BCUT2D eigenvalue weighted by Gasteiger charge is 2.31. The minimum Gasteiger partial charge on any atom is -0.482 e. The maximum Gasteiger partial charge on any atom is 0.261 e. The largest absolute Gasteiger partial charge is 0.482 e. The molecule has 2 atom stereocenters. The van der Waals surface area contributed by atoms with Gasteiger partial charge in [-0.05, 0) is 43.2 Å². The molecule has 190 valence electrons. The lowest BCUT2D eigenvalue weighted by molar-refractivity contribution is -0.143. The number of benzene rings is 3. The molecule has 5 nitrogen and oxygen atoms in total. The third-order valence-electron chi connectivity index (χ3n) is 5.82. The normalized spacial score (nSPS) is 12.5. The first kappa shape index (κ1) is 27.7. The number of rotatable bonds is 11. The van der Waals surface area contributed by atoms with Crippen molar-refractivity contribution in [2.24, 2.45) is 0 Å². The average molecular weight is 576 g/mol. The lowest BCUT2D eigenvalue weighted by Crippen LogP contribution is -2.53. The molecule has 0 heterocycles. The molecule has 0 saturated heterocycles. The number of nitrogens with one attached hydrogen (secondary N) is 1. The van der Waals surface area contributed by atoms with Crippen molar-refractivity contribution >= 4 is 39.3 Å². The molecular formula is C28H29BrClFN2O3. The predicted octanol–water partition coefficient (Wildman–Crippen LogP) is 6.18. The topological polar surface area (TPSA) is 58.6 Å². The van der Waals surface area contributed by atoms with Gasteiger partial charge < -0.3 is 15.0 Å². The Kier molecular flexibility index (Phi) is 10.3. The summed E-state index contributed by atoms with van der Waals surface area (Å²) in [4.78, 5) is 28.4. The van der Waals surface area contributed by atoms with Crippen molar-refractivity contribution in [2.45, 2.75) is 45.3 Å². The van der Waals surface area contributed by atoms with E-state index in [-0.39, 0.29) is 31.5 Å². The van der Waals surface area contributed by atoms with Crippen molar-refractivity contribution in [1.82, 2.24) is 10.2 Å². The number of amides is 2. The first-order valence-electron chi connectivity index (χ1n) is 11.7. The Morgan fingerprint density at radius 3 is 2.44 bits per heavy atom. The van der Waals surface area contributed by atoms with Crippen LogP contribution in [0.15, 0.2) is 77.3 Å². The number of hydrogen-bond donors (Lipinski definition) is 1. The highest BCUT2D eigenvalue weighted by atomic mass is 79.9. The molecule has 0 fully saturated rings. The third kappa shape index (κ3) is 7.80. The van der Waals surface area contributed by atoms with Gasteiger partial charge in [0.15, 0.2) is 6.61 Å². The van der Waals surface area contributed by atoms with Crippen LogP contribution < -0.4 is 10.1 Å². The smallest absolute Gasteiger partial charge is 0.261 e. The van der Waals surface area contributed by atoms with E-state index >= 15 is 0 Å². The van der Waals surface area contributed by atoms with Gasteiger partial charge in [-0.15, -0.1) is 0 Å². The zero-order chi connectivity index (χ0) is 26.1. The Morgan fingerprint density at radius 1 is 1.08 bits per heavy atom. The predicted molar refractivity (Wildman–Crippen MR) is 143 cm³/mol. The number of carbonyl (C=O) groups is 2. The molecule has 0 aromatic heterocycles. The van der Waals surface area contributed by atoms with Crippen LogP contribution in [0.5, 0.6) is 5.75 Å². The fourth-order valence-electron chi connectivity index (χ4n) is 3.62. The van der Waals surface area contributed by atoms with E-state index < -0.39 is 17.8 Å². The van der Waals surface area contributed by atoms with Crippen LogP contribution in [0.1, 0.15) is 31.4 Å². The first-order chi connectivity index (χ1) is 17.3. The molecule has 0 spiro atoms. The van der Waals surface area contributed by atoms with Crippen molar-refractivity contribution < 1.29 is 18.7 Å². The summed E-state index contributed by atoms with van der Waals surface area (Å²) < 4.78 is 21.1. The second-order valence-corrected chi connectivity index (χ2v) is 9.82. The van der Waals surface area contributed by atoms with Crippen LogP contribution in [0.2, 0.25) is 5.02 Å². The molecule has 0 saturated carbocycles. The summed E-state index contributed by atoms with van der Waals surface area (Å²) in [6, 6.07) is 19.8. The zero-order valence-corrected chi connectivity index (χ0v) is 22.6. The summed E-state index contributed by atoms with van der Waals surface area (Å²) in [5.74, 6) is -0.882. The van der Waals surface area contributed by atoms with Crippen LogP contribution in [0.3, 0.4) is 0 Å². The van der Waals surface area contributed by atoms with E-state index in [0.717, 1.165) is 16.5 Å². The van der Waals surface area contributed by atoms with Gasteiger partial charge in [-0.1, -0.05) is 83.0 Å². The van der Waals surface area contributed by atoms with Crippen molar-refractivity contribution in [3.05, 3.63) is 99.2 Å². The van der Waals surface area contributed by atoms with Gasteiger partial charge in [0, 0.05) is 29.0 Å². The molecule has 3 aromatic carbocycles. The van der Waals surface area contributed by atoms with Crippen LogP contribution >= 0.6 is 27.5 Å². The highest BCUT2D eigenvalue weighted by Crippen LogP contribution is 2.28. The minimum atomic E-state index is -0.877. The maximum atomic E-state index is 14.6. The Hall–Kier alpha value is -2.90. The van der Waals surface area contributed by atoms with Crippen LogP contribution in [0.4, 0.5) is 4.39 Å². The van der Waals surface area contributed by atoms with E-state index in [9.17, 15) is 14.0 Å². The van der Waals surface area contributed by atoms with E-state index in [4.69, 9.17) is 16.3 Å². The van der Waals surface area contributed by atoms with Crippen molar-refractivity contribution in [2.75, 3.05) is 6.61 Å². The highest BCUT2D eigenvalue weighted by molar-refractivity contribution is 9.10. The summed E-state index contributed by atoms with van der Waals surface area (Å²) in [7, 11) is 0. The van der Waals surface area contributed by atoms with E-state index in [1.807, 2.05) is 44.2 Å². The molecule has 0 aliphatic rings. The van der Waals surface area contributed by atoms with E-state index in [2.05, 4.69) is 21.2 Å². The molecule has 8 heteroatoms. The van der Waals surface area contributed by atoms with E-state index in [1.54, 1.807) is 36.4 Å². The summed E-state index contributed by atoms with van der Waals surface area (Å²) in [6.07, 6.45) is 0.999. The van der Waals surface area contributed by atoms with Crippen LogP contribution in [-0.4, -0.2) is 35.4 Å². The first-order valence-corrected chi connectivity index (χ1v) is 12.9. The zero-order valence-electron chi connectivity index (χ0n) is 20.2. The van der Waals surface area contributed by atoms with Crippen molar-refractivity contribution in [3.63, 3.8) is 0 Å². The number of carbonyl (C=O) groups excluding carboxylic acids is 2. The van der Waals surface area contributed by atoms with Crippen molar-refractivity contribution in [3.8, 4) is 5.75 Å². The Morgan fingerprint density at radius 2 is 1.78 bits per heavy atom. The van der Waals surface area contributed by atoms with E-state index in [1.165, 1.54) is 11.0 Å². The molecule has 0 aliphatic heterocycles. The van der Waals surface area contributed by atoms with Gasteiger partial charge in [-0.2, -0.15) is 0 Å². The molecule has 3 aromatic rings. The van der Waals surface area contributed by atoms with Gasteiger partial charge in [-0.25, -0.2) is 4.39 Å². The molecule has 0 aliphatic carbocycles. The summed E-state index contributed by atoms with van der Waals surface area (Å²) in [5, 5.41) is 3.32. The average Bonchev–Trinajstić information content (AvgIpc) is 2.87. The van der Waals surface area contributed by atoms with Crippen molar-refractivity contribution in [1.29, 1.82) is 0 Å². The summed E-state index contributed by atoms with van der Waals surface area (Å²) >= 11 is 9.58. The SMILES string of the molecule is CC[C@H](C)NC(=O)[C@H](Cc1ccccc1)N(Cc1ccccc1F)C(=O)COc1ccc(Br)cc1Cl. The van der Waals surface area contributed by atoms with Crippen LogP contribution in [0.25, 0.3) is 0 Å². The number of hydrogen-bond acceptors (Lipinski definition) is 3. The summed E-state index contributed by atoms with van der Waals surface area (Å²) in [6.45, 7) is 3.42. The van der Waals surface area contributed by atoms with Gasteiger partial charge in [-0.3, -0.25) is 9.59 Å². The molecule has 3 rings (SSSR count). The Labute approximate surface area is 224 Å². The third-order valence-corrected chi connectivity index (χ3v) is 6.60. The van der Waals surface area contributed by atoms with Crippen LogP contribution in [0, 0.1) is 5.82 Å². The fourth-order valence-corrected chi connectivity index (χ4v) is 4.35.